The molecule has 0 saturated carbocycles. The third-order valence-corrected chi connectivity index (χ3v) is 2.55. The van der Waals surface area contributed by atoms with E-state index in [0.717, 1.165) is 12.8 Å². The summed E-state index contributed by atoms with van der Waals surface area (Å²) in [5, 5.41) is 12.2. The molecule has 5 heteroatoms. The second kappa shape index (κ2) is 7.55. The highest BCUT2D eigenvalue weighted by Crippen LogP contribution is 2.22. The molecule has 100 valence electrons. The SMILES string of the molecule is COCCCCNc1cc(OC)ccc1C(=O)O. The van der Waals surface area contributed by atoms with Crippen LogP contribution in [-0.4, -0.2) is 38.4 Å². The molecule has 0 unspecified atom stereocenters. The van der Waals surface area contributed by atoms with E-state index in [0.29, 0.717) is 24.6 Å². The fourth-order valence-corrected chi connectivity index (χ4v) is 1.58. The normalized spacial score (nSPS) is 10.1. The number of anilines is 1. The number of ether oxygens (including phenoxy) is 2. The number of methoxy groups -OCH3 is 2. The van der Waals surface area contributed by atoms with Gasteiger partial charge in [0.2, 0.25) is 0 Å². The van der Waals surface area contributed by atoms with Crippen molar-refractivity contribution in [3.05, 3.63) is 23.8 Å². The molecular weight excluding hydrogens is 234 g/mol. The average Bonchev–Trinajstić information content (AvgIpc) is 2.38. The number of carbonyl (C=O) groups is 1. The molecule has 0 amide bonds. The molecule has 1 aromatic rings. The maximum absolute atomic E-state index is 11.1. The summed E-state index contributed by atoms with van der Waals surface area (Å²) in [5.41, 5.74) is 0.835. The van der Waals surface area contributed by atoms with Gasteiger partial charge in [-0.25, -0.2) is 4.79 Å². The average molecular weight is 253 g/mol. The van der Waals surface area contributed by atoms with Gasteiger partial charge >= 0.3 is 5.97 Å². The fourth-order valence-electron chi connectivity index (χ4n) is 1.58. The van der Waals surface area contributed by atoms with E-state index >= 15 is 0 Å². The second-order valence-electron chi connectivity index (χ2n) is 3.84. The Bertz CT molecular complexity index is 393. The maximum Gasteiger partial charge on any atom is 0.337 e. The Labute approximate surface area is 107 Å². The van der Waals surface area contributed by atoms with E-state index in [1.54, 1.807) is 32.4 Å². The van der Waals surface area contributed by atoms with Crippen LogP contribution in [0.1, 0.15) is 23.2 Å². The lowest BCUT2D eigenvalue weighted by Gasteiger charge is -2.11. The van der Waals surface area contributed by atoms with Gasteiger partial charge in [-0.2, -0.15) is 0 Å². The first-order chi connectivity index (χ1) is 8.69. The number of benzene rings is 1. The molecule has 0 aliphatic carbocycles. The second-order valence-corrected chi connectivity index (χ2v) is 3.84. The van der Waals surface area contributed by atoms with Crippen LogP contribution in [0.15, 0.2) is 18.2 Å². The van der Waals surface area contributed by atoms with Crippen LogP contribution in [0.5, 0.6) is 5.75 Å². The summed E-state index contributed by atoms with van der Waals surface area (Å²) in [7, 11) is 3.22. The minimum atomic E-state index is -0.947. The van der Waals surface area contributed by atoms with Crippen LogP contribution in [0.2, 0.25) is 0 Å². The molecule has 0 heterocycles. The van der Waals surface area contributed by atoms with Crippen LogP contribution in [0.25, 0.3) is 0 Å². The highest BCUT2D eigenvalue weighted by Gasteiger charge is 2.10. The topological polar surface area (TPSA) is 67.8 Å². The van der Waals surface area contributed by atoms with Crippen molar-refractivity contribution in [2.45, 2.75) is 12.8 Å². The molecular formula is C13H19NO4. The minimum absolute atomic E-state index is 0.252. The van der Waals surface area contributed by atoms with E-state index in [2.05, 4.69) is 5.32 Å². The van der Waals surface area contributed by atoms with E-state index in [1.165, 1.54) is 0 Å². The van der Waals surface area contributed by atoms with E-state index in [1.807, 2.05) is 0 Å². The van der Waals surface area contributed by atoms with Gasteiger partial charge in [-0.1, -0.05) is 0 Å². The number of carboxylic acids is 1. The van der Waals surface area contributed by atoms with Gasteiger partial charge in [0.05, 0.1) is 18.4 Å². The molecule has 1 aromatic carbocycles. The van der Waals surface area contributed by atoms with Crippen LogP contribution in [0, 0.1) is 0 Å². The van der Waals surface area contributed by atoms with Crippen molar-refractivity contribution < 1.29 is 19.4 Å². The Hall–Kier alpha value is -1.75. The predicted octanol–water partition coefficient (Wildman–Crippen LogP) is 2.23. The van der Waals surface area contributed by atoms with Crippen LogP contribution in [-0.2, 0) is 4.74 Å². The number of hydrogen-bond acceptors (Lipinski definition) is 4. The van der Waals surface area contributed by atoms with Gasteiger partial charge in [-0.05, 0) is 25.0 Å². The standard InChI is InChI=1S/C13H19NO4/c1-17-8-4-3-7-14-12-9-10(18-2)5-6-11(12)13(15)16/h5-6,9,14H,3-4,7-8H2,1-2H3,(H,15,16). The van der Waals surface area contributed by atoms with Gasteiger partial charge in [0.15, 0.2) is 0 Å². The lowest BCUT2D eigenvalue weighted by molar-refractivity contribution is 0.0698. The highest BCUT2D eigenvalue weighted by molar-refractivity contribution is 5.94. The molecule has 0 atom stereocenters. The highest BCUT2D eigenvalue weighted by atomic mass is 16.5. The number of hydrogen-bond donors (Lipinski definition) is 2. The van der Waals surface area contributed by atoms with E-state index in [-0.39, 0.29) is 5.56 Å². The Morgan fingerprint density at radius 1 is 1.33 bits per heavy atom. The van der Waals surface area contributed by atoms with Crippen LogP contribution >= 0.6 is 0 Å². The number of rotatable bonds is 8. The van der Waals surface area contributed by atoms with Crippen molar-refractivity contribution in [3.63, 3.8) is 0 Å². The third-order valence-electron chi connectivity index (χ3n) is 2.55. The molecule has 0 aliphatic rings. The fraction of sp³-hybridized carbons (Fsp3) is 0.462. The lowest BCUT2D eigenvalue weighted by atomic mass is 10.1. The van der Waals surface area contributed by atoms with Gasteiger partial charge < -0.3 is 19.9 Å². The van der Waals surface area contributed by atoms with E-state index in [9.17, 15) is 4.79 Å². The Kier molecular flexibility index (Phi) is 6.00. The van der Waals surface area contributed by atoms with Gasteiger partial charge in [-0.3, -0.25) is 0 Å². The van der Waals surface area contributed by atoms with Crippen molar-refractivity contribution in [1.29, 1.82) is 0 Å². The van der Waals surface area contributed by atoms with Crippen molar-refractivity contribution in [1.82, 2.24) is 0 Å². The largest absolute Gasteiger partial charge is 0.497 e. The molecule has 5 nitrogen and oxygen atoms in total. The van der Waals surface area contributed by atoms with Gasteiger partial charge in [0, 0.05) is 26.3 Å². The zero-order chi connectivity index (χ0) is 13.4. The first kappa shape index (κ1) is 14.3. The Balaban J connectivity index is 2.63. The van der Waals surface area contributed by atoms with E-state index < -0.39 is 5.97 Å². The third kappa shape index (κ3) is 4.25. The zero-order valence-electron chi connectivity index (χ0n) is 10.7. The molecule has 0 aliphatic heterocycles. The first-order valence-electron chi connectivity index (χ1n) is 5.83. The molecule has 2 N–H and O–H groups in total. The summed E-state index contributed by atoms with van der Waals surface area (Å²) in [5.74, 6) is -0.309. The summed E-state index contributed by atoms with van der Waals surface area (Å²) >= 11 is 0. The Morgan fingerprint density at radius 2 is 2.11 bits per heavy atom. The lowest BCUT2D eigenvalue weighted by Crippen LogP contribution is -2.08. The quantitative estimate of drug-likeness (QED) is 0.695. The molecule has 0 radical (unpaired) electrons. The summed E-state index contributed by atoms with van der Waals surface area (Å²) in [6, 6.07) is 4.87. The van der Waals surface area contributed by atoms with Crippen molar-refractivity contribution in [2.75, 3.05) is 32.7 Å². The monoisotopic (exact) mass is 253 g/mol. The van der Waals surface area contributed by atoms with Gasteiger partial charge in [0.1, 0.15) is 5.75 Å². The zero-order valence-corrected chi connectivity index (χ0v) is 10.7. The summed E-state index contributed by atoms with van der Waals surface area (Å²) in [6.45, 7) is 1.42. The molecule has 0 fully saturated rings. The number of unbranched alkanes of at least 4 members (excludes halogenated alkanes) is 1. The summed E-state index contributed by atoms with van der Waals surface area (Å²) in [6.07, 6.45) is 1.86. The molecule has 0 saturated heterocycles. The van der Waals surface area contributed by atoms with Gasteiger partial charge in [-0.15, -0.1) is 0 Å². The molecule has 0 bridgehead atoms. The van der Waals surface area contributed by atoms with Crippen molar-refractivity contribution in [3.8, 4) is 5.75 Å². The van der Waals surface area contributed by atoms with E-state index in [4.69, 9.17) is 14.6 Å². The predicted molar refractivity (Wildman–Crippen MR) is 69.6 cm³/mol. The van der Waals surface area contributed by atoms with Crippen molar-refractivity contribution in [2.24, 2.45) is 0 Å². The number of carboxylic acid groups (broad SMARTS) is 1. The van der Waals surface area contributed by atoms with Crippen LogP contribution in [0.3, 0.4) is 0 Å². The minimum Gasteiger partial charge on any atom is -0.497 e. The van der Waals surface area contributed by atoms with Crippen molar-refractivity contribution >= 4 is 11.7 Å². The maximum atomic E-state index is 11.1. The first-order valence-corrected chi connectivity index (χ1v) is 5.83. The number of nitrogens with one attached hydrogen (secondary N) is 1. The van der Waals surface area contributed by atoms with Crippen LogP contribution < -0.4 is 10.1 Å². The number of aromatic carboxylic acids is 1. The summed E-state index contributed by atoms with van der Waals surface area (Å²) < 4.78 is 10.0. The Morgan fingerprint density at radius 3 is 2.72 bits per heavy atom. The molecule has 1 rings (SSSR count). The van der Waals surface area contributed by atoms with Crippen LogP contribution in [0.4, 0.5) is 5.69 Å². The summed E-state index contributed by atoms with van der Waals surface area (Å²) in [4.78, 5) is 11.1. The molecule has 18 heavy (non-hydrogen) atoms. The van der Waals surface area contributed by atoms with Gasteiger partial charge in [0.25, 0.3) is 0 Å². The smallest absolute Gasteiger partial charge is 0.337 e. The molecule has 0 aromatic heterocycles. The molecule has 0 spiro atoms.